The Kier molecular flexibility index (Phi) is 5.96. The molecule has 1 amide bonds. The predicted octanol–water partition coefficient (Wildman–Crippen LogP) is 2.76. The van der Waals surface area contributed by atoms with E-state index in [9.17, 15) is 13.2 Å². The first-order valence-corrected chi connectivity index (χ1v) is 12.6. The lowest BCUT2D eigenvalue weighted by Crippen LogP contribution is -2.29. The summed E-state index contributed by atoms with van der Waals surface area (Å²) in [7, 11) is -2.26. The maximum Gasteiger partial charge on any atom is 0.242 e. The number of aliphatic hydroxyl groups excluding tert-OH is 1. The van der Waals surface area contributed by atoms with Gasteiger partial charge in [-0.25, -0.2) is 13.4 Å². The van der Waals surface area contributed by atoms with Crippen molar-refractivity contribution in [1.82, 2.24) is 9.29 Å². The molecule has 9 nitrogen and oxygen atoms in total. The molecule has 35 heavy (non-hydrogen) atoms. The third-order valence-corrected chi connectivity index (χ3v) is 8.24. The molecule has 2 aromatic carbocycles. The third-order valence-electron chi connectivity index (χ3n) is 6.37. The minimum atomic E-state index is -3.68. The van der Waals surface area contributed by atoms with Crippen molar-refractivity contribution in [3.63, 3.8) is 0 Å². The van der Waals surface area contributed by atoms with Gasteiger partial charge in [0.1, 0.15) is 5.82 Å². The highest BCUT2D eigenvalue weighted by molar-refractivity contribution is 7.89. The van der Waals surface area contributed by atoms with Crippen molar-refractivity contribution in [1.29, 1.82) is 0 Å². The molecule has 0 radical (unpaired) electrons. The zero-order chi connectivity index (χ0) is 24.6. The number of hydrogen-bond acceptors (Lipinski definition) is 7. The van der Waals surface area contributed by atoms with Crippen LogP contribution in [-0.2, 0) is 20.2 Å². The highest BCUT2D eigenvalue weighted by Crippen LogP contribution is 2.51. The lowest BCUT2D eigenvalue weighted by Gasteiger charge is -2.17. The summed E-state index contributed by atoms with van der Waals surface area (Å²) in [6.45, 7) is -0.0612. The number of nitrogens with zero attached hydrogens (tertiary/aromatic N) is 2. The number of likely N-dealkylation sites (N-methyl/N-ethyl adjacent to an activating group) is 1. The Morgan fingerprint density at radius 2 is 1.83 bits per heavy atom. The minimum absolute atomic E-state index is 0.0150. The summed E-state index contributed by atoms with van der Waals surface area (Å²) in [4.78, 5) is 17.9. The Morgan fingerprint density at radius 1 is 1.09 bits per heavy atom. The number of aliphatic hydroxyl groups is 1. The van der Waals surface area contributed by atoms with Crippen LogP contribution in [0.4, 0.5) is 5.82 Å². The number of hydrogen-bond donors (Lipinski definition) is 2. The molecule has 0 atom stereocenters. The van der Waals surface area contributed by atoms with Crippen LogP contribution in [0.3, 0.4) is 0 Å². The molecule has 1 saturated carbocycles. The molecule has 1 aliphatic heterocycles. The molecule has 0 spiro atoms. The summed E-state index contributed by atoms with van der Waals surface area (Å²) < 4.78 is 37.1. The van der Waals surface area contributed by atoms with Gasteiger partial charge in [0.25, 0.3) is 0 Å². The zero-order valence-corrected chi connectivity index (χ0v) is 19.9. The van der Waals surface area contributed by atoms with E-state index >= 15 is 0 Å². The summed E-state index contributed by atoms with van der Waals surface area (Å²) in [5, 5.41) is 12.0. The number of anilines is 1. The fourth-order valence-corrected chi connectivity index (χ4v) is 5.27. The highest BCUT2D eigenvalue weighted by atomic mass is 32.2. The first-order chi connectivity index (χ1) is 16.8. The van der Waals surface area contributed by atoms with Crippen LogP contribution < -0.4 is 14.8 Å². The number of carbonyl (C=O) groups excluding carboxylic acids is 1. The molecule has 1 aliphatic carbocycles. The summed E-state index contributed by atoms with van der Waals surface area (Å²) in [5.74, 6) is 1.61. The number of fused-ring (bicyclic) bond motifs is 1. The van der Waals surface area contributed by atoms with Gasteiger partial charge >= 0.3 is 0 Å². The number of pyridine rings is 1. The van der Waals surface area contributed by atoms with E-state index in [2.05, 4.69) is 10.3 Å². The van der Waals surface area contributed by atoms with Crippen LogP contribution in [0.1, 0.15) is 18.4 Å². The van der Waals surface area contributed by atoms with Gasteiger partial charge in [0.05, 0.1) is 22.6 Å². The Balaban J connectivity index is 1.33. The van der Waals surface area contributed by atoms with Gasteiger partial charge in [0.15, 0.2) is 11.5 Å². The van der Waals surface area contributed by atoms with E-state index in [1.807, 2.05) is 18.2 Å². The summed E-state index contributed by atoms with van der Waals surface area (Å²) in [6.07, 6.45) is 1.47. The van der Waals surface area contributed by atoms with Crippen molar-refractivity contribution in [2.45, 2.75) is 23.2 Å². The van der Waals surface area contributed by atoms with Gasteiger partial charge in [-0.1, -0.05) is 24.3 Å². The summed E-state index contributed by atoms with van der Waals surface area (Å²) in [5.41, 5.74) is 1.58. The minimum Gasteiger partial charge on any atom is -0.454 e. The average Bonchev–Trinajstić information content (AvgIpc) is 3.55. The molecule has 0 bridgehead atoms. The van der Waals surface area contributed by atoms with Crippen LogP contribution in [0, 0.1) is 0 Å². The van der Waals surface area contributed by atoms with Crippen molar-refractivity contribution in [3.8, 4) is 22.8 Å². The van der Waals surface area contributed by atoms with Gasteiger partial charge in [-0.15, -0.1) is 0 Å². The van der Waals surface area contributed by atoms with Gasteiger partial charge < -0.3 is 19.9 Å². The second kappa shape index (κ2) is 8.95. The van der Waals surface area contributed by atoms with Crippen LogP contribution >= 0.6 is 0 Å². The number of aromatic nitrogens is 1. The fraction of sp³-hybridized carbons (Fsp3) is 0.280. The lowest BCUT2D eigenvalue weighted by molar-refractivity contribution is -0.118. The molecule has 10 heteroatoms. The monoisotopic (exact) mass is 495 g/mol. The van der Waals surface area contributed by atoms with E-state index in [4.69, 9.17) is 14.6 Å². The molecule has 1 aromatic heterocycles. The molecular weight excluding hydrogens is 470 g/mol. The van der Waals surface area contributed by atoms with Gasteiger partial charge in [-0.05, 0) is 54.8 Å². The fourth-order valence-electron chi connectivity index (χ4n) is 4.11. The summed E-state index contributed by atoms with van der Waals surface area (Å²) >= 11 is 0. The molecule has 2 heterocycles. The zero-order valence-electron chi connectivity index (χ0n) is 19.1. The van der Waals surface area contributed by atoms with Gasteiger partial charge in [-0.2, -0.15) is 4.31 Å². The Bertz CT molecular complexity index is 1370. The van der Waals surface area contributed by atoms with E-state index in [0.29, 0.717) is 28.6 Å². The Hall–Kier alpha value is -3.47. The summed E-state index contributed by atoms with van der Waals surface area (Å²) in [6, 6.07) is 17.2. The van der Waals surface area contributed by atoms with E-state index in [-0.39, 0.29) is 30.7 Å². The van der Waals surface area contributed by atoms with Crippen LogP contribution in [-0.4, -0.2) is 55.7 Å². The molecule has 1 fully saturated rings. The Labute approximate surface area is 203 Å². The number of rotatable bonds is 8. The molecule has 2 aliphatic rings. The lowest BCUT2D eigenvalue weighted by atomic mass is 9.94. The molecule has 182 valence electrons. The highest BCUT2D eigenvalue weighted by Gasteiger charge is 2.51. The largest absolute Gasteiger partial charge is 0.454 e. The van der Waals surface area contributed by atoms with Crippen molar-refractivity contribution in [2.24, 2.45) is 0 Å². The van der Waals surface area contributed by atoms with Gasteiger partial charge in [-0.3, -0.25) is 4.79 Å². The van der Waals surface area contributed by atoms with E-state index in [1.165, 1.54) is 19.2 Å². The number of nitrogens with one attached hydrogen (secondary N) is 1. The van der Waals surface area contributed by atoms with Crippen molar-refractivity contribution >= 4 is 21.7 Å². The average molecular weight is 496 g/mol. The van der Waals surface area contributed by atoms with E-state index in [1.54, 1.807) is 30.3 Å². The SMILES string of the molecule is CN(CCO)S(=O)(=O)c1ccc(-c2cccc(NC(=O)C3(c4ccc5c(c4)OCO5)CC3)n2)cc1. The number of sulfonamides is 1. The second-order valence-electron chi connectivity index (χ2n) is 8.59. The van der Waals surface area contributed by atoms with Gasteiger partial charge in [0.2, 0.25) is 22.7 Å². The predicted molar refractivity (Wildman–Crippen MR) is 129 cm³/mol. The van der Waals surface area contributed by atoms with Gasteiger partial charge in [0, 0.05) is 19.2 Å². The van der Waals surface area contributed by atoms with E-state index < -0.39 is 15.4 Å². The van der Waals surface area contributed by atoms with E-state index in [0.717, 1.165) is 22.7 Å². The maximum atomic E-state index is 13.2. The van der Waals surface area contributed by atoms with Crippen LogP contribution in [0.5, 0.6) is 11.5 Å². The van der Waals surface area contributed by atoms with Crippen molar-refractivity contribution in [2.75, 3.05) is 32.3 Å². The maximum absolute atomic E-state index is 13.2. The number of benzene rings is 2. The Morgan fingerprint density at radius 3 is 2.54 bits per heavy atom. The van der Waals surface area contributed by atoms with Crippen LogP contribution in [0.15, 0.2) is 65.6 Å². The topological polar surface area (TPSA) is 118 Å². The molecule has 5 rings (SSSR count). The molecule has 0 saturated heterocycles. The van der Waals surface area contributed by atoms with Crippen molar-refractivity contribution < 1.29 is 27.8 Å². The molecule has 0 unspecified atom stereocenters. The molecule has 3 aromatic rings. The van der Waals surface area contributed by atoms with Crippen molar-refractivity contribution in [3.05, 3.63) is 66.2 Å². The molecule has 2 N–H and O–H groups in total. The molecular formula is C25H25N3O6S. The smallest absolute Gasteiger partial charge is 0.242 e. The quantitative estimate of drug-likeness (QED) is 0.493. The third kappa shape index (κ3) is 4.36. The first kappa shape index (κ1) is 23.3. The van der Waals surface area contributed by atoms with Crippen LogP contribution in [0.2, 0.25) is 0 Å². The number of amides is 1. The first-order valence-electron chi connectivity index (χ1n) is 11.2. The second-order valence-corrected chi connectivity index (χ2v) is 10.6. The number of carbonyl (C=O) groups is 1. The number of ether oxygens (including phenoxy) is 2. The standard InChI is InChI=1S/C25H25N3O6S/c1-28(13-14-29)35(31,32)19-8-5-17(6-9-19)20-3-2-4-23(26-20)27-24(30)25(11-12-25)18-7-10-21-22(15-18)34-16-33-21/h2-10,15,29H,11-14,16H2,1H3,(H,26,27,30). The normalized spacial score (nSPS) is 15.7. The van der Waals surface area contributed by atoms with Crippen LogP contribution in [0.25, 0.3) is 11.3 Å².